The lowest BCUT2D eigenvalue weighted by Crippen LogP contribution is -2.07. The molecule has 0 unspecified atom stereocenters. The topological polar surface area (TPSA) is 26.3 Å². The highest BCUT2D eigenvalue weighted by molar-refractivity contribution is 5.89. The van der Waals surface area contributed by atoms with Gasteiger partial charge in [0.05, 0.1) is 12.2 Å². The molecule has 94 valence electrons. The summed E-state index contributed by atoms with van der Waals surface area (Å²) in [5.74, 6) is -0.262. The second-order valence-corrected chi connectivity index (χ2v) is 3.74. The highest BCUT2D eigenvalue weighted by atomic mass is 16.5. The summed E-state index contributed by atoms with van der Waals surface area (Å²) in [6, 6.07) is 19.0. The van der Waals surface area contributed by atoms with Gasteiger partial charge in [-0.2, -0.15) is 0 Å². The van der Waals surface area contributed by atoms with Crippen LogP contribution in [0.5, 0.6) is 0 Å². The minimum atomic E-state index is -0.262. The zero-order valence-corrected chi connectivity index (χ0v) is 9.50. The van der Waals surface area contributed by atoms with Gasteiger partial charge in [0.1, 0.15) is 0 Å². The first kappa shape index (κ1) is 14.0. The average Bonchev–Trinajstić information content (AvgIpc) is 2.41. The van der Waals surface area contributed by atoms with Crippen molar-refractivity contribution in [3.63, 3.8) is 0 Å². The Morgan fingerprint density at radius 2 is 1.44 bits per heavy atom. The summed E-state index contributed by atoms with van der Waals surface area (Å²) >= 11 is 0. The monoisotopic (exact) mass is 242 g/mol. The second kappa shape index (κ2) is 7.28. The molecule has 0 radical (unpaired) electrons. The van der Waals surface area contributed by atoms with Crippen molar-refractivity contribution in [3.8, 4) is 0 Å². The lowest BCUT2D eigenvalue weighted by Gasteiger charge is -2.04. The predicted molar refractivity (Wildman–Crippen MR) is 73.6 cm³/mol. The summed E-state index contributed by atoms with van der Waals surface area (Å²) in [5.41, 5.74) is 1.77. The minimum Gasteiger partial charge on any atom is -0.462 e. The van der Waals surface area contributed by atoms with E-state index < -0.39 is 0 Å². The van der Waals surface area contributed by atoms with Crippen LogP contribution >= 0.6 is 0 Å². The molecule has 2 aromatic carbocycles. The Morgan fingerprint density at radius 3 is 2.06 bits per heavy atom. The number of benzene rings is 2. The minimum absolute atomic E-state index is 0. The van der Waals surface area contributed by atoms with Crippen molar-refractivity contribution >= 4 is 5.97 Å². The lowest BCUT2D eigenvalue weighted by molar-refractivity contribution is 0.0509. The Bertz CT molecular complexity index is 463. The van der Waals surface area contributed by atoms with Crippen LogP contribution in [0.1, 0.15) is 23.3 Å². The van der Waals surface area contributed by atoms with Gasteiger partial charge in [-0.05, 0) is 17.7 Å². The van der Waals surface area contributed by atoms with Crippen LogP contribution in [0.15, 0.2) is 60.7 Å². The third-order valence-corrected chi connectivity index (χ3v) is 2.48. The van der Waals surface area contributed by atoms with Crippen LogP contribution in [0.3, 0.4) is 0 Å². The standard InChI is InChI=1S/C15H14O2.CH4/c16-15(14-9-5-2-6-10-14)17-12-11-13-7-3-1-4-8-13;/h1-10H,11-12H2;1H4. The first-order valence-corrected chi connectivity index (χ1v) is 5.62. The molecule has 0 N–H and O–H groups in total. The third kappa shape index (κ3) is 4.06. The first-order chi connectivity index (χ1) is 8.36. The van der Waals surface area contributed by atoms with Crippen molar-refractivity contribution in [2.24, 2.45) is 0 Å². The molecule has 2 heteroatoms. The zero-order chi connectivity index (χ0) is 11.9. The van der Waals surface area contributed by atoms with Crippen LogP contribution in [0, 0.1) is 0 Å². The fraction of sp³-hybridized carbons (Fsp3) is 0.188. The molecular formula is C16H18O2. The number of carbonyl (C=O) groups is 1. The number of rotatable bonds is 4. The molecule has 0 spiro atoms. The Balaban J connectivity index is 0.00000162. The van der Waals surface area contributed by atoms with E-state index >= 15 is 0 Å². The summed E-state index contributed by atoms with van der Waals surface area (Å²) < 4.78 is 5.19. The van der Waals surface area contributed by atoms with Crippen LogP contribution in [-0.4, -0.2) is 12.6 Å². The van der Waals surface area contributed by atoms with Gasteiger partial charge in [0.25, 0.3) is 0 Å². The van der Waals surface area contributed by atoms with Crippen molar-refractivity contribution in [1.29, 1.82) is 0 Å². The van der Waals surface area contributed by atoms with E-state index in [1.807, 2.05) is 48.5 Å². The fourth-order valence-electron chi connectivity index (χ4n) is 1.56. The number of carbonyl (C=O) groups excluding carboxylic acids is 1. The molecule has 2 nitrogen and oxygen atoms in total. The maximum Gasteiger partial charge on any atom is 0.338 e. The van der Waals surface area contributed by atoms with Gasteiger partial charge in [-0.25, -0.2) is 4.79 Å². The molecule has 0 bridgehead atoms. The molecular weight excluding hydrogens is 224 g/mol. The molecule has 0 aliphatic carbocycles. The fourth-order valence-corrected chi connectivity index (χ4v) is 1.56. The van der Waals surface area contributed by atoms with E-state index in [4.69, 9.17) is 4.74 Å². The molecule has 0 saturated heterocycles. The van der Waals surface area contributed by atoms with Gasteiger partial charge in [-0.15, -0.1) is 0 Å². The smallest absolute Gasteiger partial charge is 0.338 e. The van der Waals surface area contributed by atoms with E-state index in [1.54, 1.807) is 12.1 Å². The molecule has 0 saturated carbocycles. The molecule has 0 atom stereocenters. The Hall–Kier alpha value is -2.09. The van der Waals surface area contributed by atoms with E-state index in [1.165, 1.54) is 5.56 Å². The van der Waals surface area contributed by atoms with Crippen molar-refractivity contribution in [1.82, 2.24) is 0 Å². The van der Waals surface area contributed by atoms with Gasteiger partial charge in [-0.1, -0.05) is 56.0 Å². The summed E-state index contributed by atoms with van der Waals surface area (Å²) in [7, 11) is 0. The largest absolute Gasteiger partial charge is 0.462 e. The number of ether oxygens (including phenoxy) is 1. The van der Waals surface area contributed by atoms with Crippen LogP contribution in [0.4, 0.5) is 0 Å². The van der Waals surface area contributed by atoms with Crippen LogP contribution in [0.2, 0.25) is 0 Å². The Labute approximate surface area is 108 Å². The second-order valence-electron chi connectivity index (χ2n) is 3.74. The maximum atomic E-state index is 11.6. The number of esters is 1. The van der Waals surface area contributed by atoms with Gasteiger partial charge in [0.2, 0.25) is 0 Å². The molecule has 0 heterocycles. The number of hydrogen-bond acceptors (Lipinski definition) is 2. The quantitative estimate of drug-likeness (QED) is 0.764. The molecule has 0 amide bonds. The molecule has 0 aliphatic heterocycles. The molecule has 0 fully saturated rings. The summed E-state index contributed by atoms with van der Waals surface area (Å²) in [6.45, 7) is 0.414. The van der Waals surface area contributed by atoms with Crippen molar-refractivity contribution in [2.45, 2.75) is 13.8 Å². The molecule has 2 aromatic rings. The van der Waals surface area contributed by atoms with Crippen molar-refractivity contribution in [3.05, 3.63) is 71.8 Å². The van der Waals surface area contributed by atoms with Crippen molar-refractivity contribution < 1.29 is 9.53 Å². The van der Waals surface area contributed by atoms with Crippen LogP contribution < -0.4 is 0 Å². The lowest BCUT2D eigenvalue weighted by atomic mass is 10.2. The predicted octanol–water partition coefficient (Wildman–Crippen LogP) is 3.72. The molecule has 2 rings (SSSR count). The van der Waals surface area contributed by atoms with Gasteiger partial charge in [0, 0.05) is 6.42 Å². The third-order valence-electron chi connectivity index (χ3n) is 2.48. The zero-order valence-electron chi connectivity index (χ0n) is 9.50. The van der Waals surface area contributed by atoms with Crippen LogP contribution in [-0.2, 0) is 11.2 Å². The summed E-state index contributed by atoms with van der Waals surface area (Å²) in [4.78, 5) is 11.6. The highest BCUT2D eigenvalue weighted by Crippen LogP contribution is 2.03. The molecule has 0 aromatic heterocycles. The highest BCUT2D eigenvalue weighted by Gasteiger charge is 2.05. The van der Waals surface area contributed by atoms with Gasteiger partial charge in [-0.3, -0.25) is 0 Å². The molecule has 0 aliphatic rings. The van der Waals surface area contributed by atoms with Gasteiger partial charge >= 0.3 is 5.97 Å². The van der Waals surface area contributed by atoms with Crippen LogP contribution in [0.25, 0.3) is 0 Å². The maximum absolute atomic E-state index is 11.6. The van der Waals surface area contributed by atoms with E-state index in [2.05, 4.69) is 0 Å². The number of hydrogen-bond donors (Lipinski definition) is 0. The van der Waals surface area contributed by atoms with Gasteiger partial charge < -0.3 is 4.74 Å². The van der Waals surface area contributed by atoms with E-state index in [9.17, 15) is 4.79 Å². The Morgan fingerprint density at radius 1 is 0.889 bits per heavy atom. The SMILES string of the molecule is C.O=C(OCCc1ccccc1)c1ccccc1. The summed E-state index contributed by atoms with van der Waals surface area (Å²) in [5, 5.41) is 0. The summed E-state index contributed by atoms with van der Waals surface area (Å²) in [6.07, 6.45) is 0.749. The normalized spacial score (nSPS) is 9.33. The van der Waals surface area contributed by atoms with E-state index in [-0.39, 0.29) is 13.4 Å². The Kier molecular flexibility index (Phi) is 5.65. The average molecular weight is 242 g/mol. The molecule has 18 heavy (non-hydrogen) atoms. The van der Waals surface area contributed by atoms with E-state index in [0.29, 0.717) is 12.2 Å². The first-order valence-electron chi connectivity index (χ1n) is 5.62. The van der Waals surface area contributed by atoms with E-state index in [0.717, 1.165) is 6.42 Å². The van der Waals surface area contributed by atoms with Gasteiger partial charge in [0.15, 0.2) is 0 Å². The van der Waals surface area contributed by atoms with Crippen molar-refractivity contribution in [2.75, 3.05) is 6.61 Å².